The second-order valence-corrected chi connectivity index (χ2v) is 3.53. The number of benzene rings is 1. The van der Waals surface area contributed by atoms with E-state index in [1.54, 1.807) is 18.2 Å². The molecule has 1 heterocycles. The van der Waals surface area contributed by atoms with Crippen LogP contribution in [0.15, 0.2) is 23.0 Å². The van der Waals surface area contributed by atoms with Gasteiger partial charge in [0.1, 0.15) is 5.82 Å². The Balaban J connectivity index is 2.74. The largest absolute Gasteiger partial charge is 0.396 e. The molecular weight excluding hydrogens is 216 g/mol. The molecule has 0 fully saturated rings. The number of hydrogen-bond acceptors (Lipinski definition) is 3. The minimum atomic E-state index is -0.231. The minimum absolute atomic E-state index is 0.0566. The van der Waals surface area contributed by atoms with Gasteiger partial charge >= 0.3 is 0 Å². The molecule has 1 aromatic carbocycles. The van der Waals surface area contributed by atoms with Gasteiger partial charge in [-0.2, -0.15) is 0 Å². The molecule has 4 nitrogen and oxygen atoms in total. The first-order valence-corrected chi connectivity index (χ1v) is 4.88. The van der Waals surface area contributed by atoms with Crippen molar-refractivity contribution in [1.82, 2.24) is 9.97 Å². The number of halogens is 1. The molecule has 0 amide bonds. The number of aromatic nitrogens is 2. The van der Waals surface area contributed by atoms with Crippen molar-refractivity contribution in [1.29, 1.82) is 0 Å². The van der Waals surface area contributed by atoms with Crippen LogP contribution in [-0.2, 0) is 6.42 Å². The summed E-state index contributed by atoms with van der Waals surface area (Å²) in [5, 5.41) is 9.66. The van der Waals surface area contributed by atoms with E-state index in [4.69, 9.17) is 16.7 Å². The lowest BCUT2D eigenvalue weighted by Gasteiger charge is -2.02. The zero-order valence-electron chi connectivity index (χ0n) is 7.83. The predicted molar refractivity (Wildman–Crippen MR) is 58.2 cm³/mol. The van der Waals surface area contributed by atoms with Gasteiger partial charge in [0.25, 0.3) is 5.56 Å². The van der Waals surface area contributed by atoms with Crippen LogP contribution in [0.25, 0.3) is 10.9 Å². The molecule has 0 radical (unpaired) electrons. The molecule has 15 heavy (non-hydrogen) atoms. The van der Waals surface area contributed by atoms with Gasteiger partial charge < -0.3 is 10.1 Å². The van der Waals surface area contributed by atoms with Crippen LogP contribution in [0.5, 0.6) is 0 Å². The Morgan fingerprint density at radius 1 is 1.47 bits per heavy atom. The molecule has 2 rings (SSSR count). The molecule has 0 spiro atoms. The third-order valence-corrected chi connectivity index (χ3v) is 2.39. The molecule has 0 bridgehead atoms. The Hall–Kier alpha value is -1.39. The van der Waals surface area contributed by atoms with Crippen LogP contribution >= 0.6 is 11.6 Å². The SMILES string of the molecule is O=c1[nH]c(CCO)nc2c(Cl)cccc12. The van der Waals surface area contributed by atoms with Gasteiger partial charge in [-0.25, -0.2) is 4.98 Å². The molecule has 0 saturated heterocycles. The highest BCUT2D eigenvalue weighted by atomic mass is 35.5. The number of aliphatic hydroxyl groups is 1. The number of nitrogens with one attached hydrogen (secondary N) is 1. The summed E-state index contributed by atoms with van der Waals surface area (Å²) in [6, 6.07) is 5.04. The first-order chi connectivity index (χ1) is 7.22. The van der Waals surface area contributed by atoms with E-state index in [-0.39, 0.29) is 12.2 Å². The van der Waals surface area contributed by atoms with E-state index in [0.29, 0.717) is 28.2 Å². The number of rotatable bonds is 2. The highest BCUT2D eigenvalue weighted by Gasteiger charge is 2.05. The molecule has 0 aliphatic rings. The Kier molecular flexibility index (Phi) is 2.70. The topological polar surface area (TPSA) is 66.0 Å². The summed E-state index contributed by atoms with van der Waals surface area (Å²) < 4.78 is 0. The standard InChI is InChI=1S/C10H9ClN2O2/c11-7-3-1-2-6-9(7)12-8(4-5-14)13-10(6)15/h1-3,14H,4-5H2,(H,12,13,15). The molecule has 2 N–H and O–H groups in total. The van der Waals surface area contributed by atoms with E-state index in [0.717, 1.165) is 0 Å². The van der Waals surface area contributed by atoms with Crippen molar-refractivity contribution in [3.05, 3.63) is 39.4 Å². The molecule has 1 aromatic heterocycles. The van der Waals surface area contributed by atoms with Gasteiger partial charge in [-0.3, -0.25) is 4.79 Å². The Morgan fingerprint density at radius 2 is 2.27 bits per heavy atom. The molecule has 0 aliphatic heterocycles. The lowest BCUT2D eigenvalue weighted by molar-refractivity contribution is 0.296. The smallest absolute Gasteiger partial charge is 0.258 e. The van der Waals surface area contributed by atoms with E-state index >= 15 is 0 Å². The van der Waals surface area contributed by atoms with Gasteiger partial charge in [-0.1, -0.05) is 17.7 Å². The number of hydrogen-bond donors (Lipinski definition) is 2. The highest BCUT2D eigenvalue weighted by molar-refractivity contribution is 6.34. The van der Waals surface area contributed by atoms with Crippen LogP contribution in [0.3, 0.4) is 0 Å². The average molecular weight is 225 g/mol. The van der Waals surface area contributed by atoms with Gasteiger partial charge in [0, 0.05) is 6.42 Å². The number of aromatic amines is 1. The quantitative estimate of drug-likeness (QED) is 0.803. The van der Waals surface area contributed by atoms with Crippen molar-refractivity contribution in [2.45, 2.75) is 6.42 Å². The maximum atomic E-state index is 11.6. The number of nitrogens with zero attached hydrogens (tertiary/aromatic N) is 1. The summed E-state index contributed by atoms with van der Waals surface area (Å²) in [5.41, 5.74) is 0.248. The van der Waals surface area contributed by atoms with Crippen molar-refractivity contribution in [2.24, 2.45) is 0 Å². The minimum Gasteiger partial charge on any atom is -0.396 e. The number of H-pyrrole nitrogens is 1. The van der Waals surface area contributed by atoms with Gasteiger partial charge in [0.2, 0.25) is 0 Å². The molecule has 0 aliphatic carbocycles. The van der Waals surface area contributed by atoms with Crippen LogP contribution in [0, 0.1) is 0 Å². The number of para-hydroxylation sites is 1. The van der Waals surface area contributed by atoms with Crippen molar-refractivity contribution in [2.75, 3.05) is 6.61 Å². The lowest BCUT2D eigenvalue weighted by Crippen LogP contribution is -2.12. The normalized spacial score (nSPS) is 10.8. The Bertz CT molecular complexity index is 551. The molecule has 0 saturated carbocycles. The number of aliphatic hydroxyl groups excluding tert-OH is 1. The van der Waals surface area contributed by atoms with Crippen LogP contribution in [-0.4, -0.2) is 21.7 Å². The predicted octanol–water partition coefficient (Wildman–Crippen LogP) is 1.11. The third kappa shape index (κ3) is 1.86. The summed E-state index contributed by atoms with van der Waals surface area (Å²) in [4.78, 5) is 18.4. The zero-order chi connectivity index (χ0) is 10.8. The van der Waals surface area contributed by atoms with Gasteiger partial charge in [0.05, 0.1) is 22.5 Å². The van der Waals surface area contributed by atoms with E-state index in [1.165, 1.54) is 0 Å². The van der Waals surface area contributed by atoms with Crippen LogP contribution in [0.4, 0.5) is 0 Å². The van der Waals surface area contributed by atoms with E-state index in [9.17, 15) is 4.79 Å². The van der Waals surface area contributed by atoms with Gasteiger partial charge in [0.15, 0.2) is 0 Å². The van der Waals surface area contributed by atoms with Crippen LogP contribution in [0.2, 0.25) is 5.02 Å². The fourth-order valence-corrected chi connectivity index (χ4v) is 1.61. The summed E-state index contributed by atoms with van der Waals surface area (Å²) in [6.45, 7) is -0.0566. The third-order valence-electron chi connectivity index (χ3n) is 2.08. The van der Waals surface area contributed by atoms with E-state index in [2.05, 4.69) is 9.97 Å². The van der Waals surface area contributed by atoms with Crippen molar-refractivity contribution < 1.29 is 5.11 Å². The number of fused-ring (bicyclic) bond motifs is 1. The molecule has 78 valence electrons. The van der Waals surface area contributed by atoms with Crippen molar-refractivity contribution in [3.8, 4) is 0 Å². The summed E-state index contributed by atoms with van der Waals surface area (Å²) >= 11 is 5.92. The fraction of sp³-hybridized carbons (Fsp3) is 0.200. The van der Waals surface area contributed by atoms with Crippen molar-refractivity contribution in [3.63, 3.8) is 0 Å². The van der Waals surface area contributed by atoms with Crippen molar-refractivity contribution >= 4 is 22.5 Å². The first kappa shape index (κ1) is 10.1. The zero-order valence-corrected chi connectivity index (χ0v) is 8.58. The highest BCUT2D eigenvalue weighted by Crippen LogP contribution is 2.18. The summed E-state index contributed by atoms with van der Waals surface area (Å²) in [5.74, 6) is 0.447. The van der Waals surface area contributed by atoms with Crippen LogP contribution in [0.1, 0.15) is 5.82 Å². The monoisotopic (exact) mass is 224 g/mol. The maximum absolute atomic E-state index is 11.6. The van der Waals surface area contributed by atoms with Gasteiger partial charge in [-0.05, 0) is 12.1 Å². The van der Waals surface area contributed by atoms with Crippen LogP contribution < -0.4 is 5.56 Å². The molecular formula is C10H9ClN2O2. The van der Waals surface area contributed by atoms with E-state index in [1.807, 2.05) is 0 Å². The molecule has 2 aromatic rings. The summed E-state index contributed by atoms with van der Waals surface area (Å²) in [7, 11) is 0. The Morgan fingerprint density at radius 3 is 3.00 bits per heavy atom. The first-order valence-electron chi connectivity index (χ1n) is 4.50. The summed E-state index contributed by atoms with van der Waals surface area (Å²) in [6.07, 6.45) is 0.316. The maximum Gasteiger partial charge on any atom is 0.258 e. The Labute approximate surface area is 90.5 Å². The lowest BCUT2D eigenvalue weighted by atomic mass is 10.2. The average Bonchev–Trinajstić information content (AvgIpc) is 2.20. The second kappa shape index (κ2) is 4.00. The fourth-order valence-electron chi connectivity index (χ4n) is 1.40. The van der Waals surface area contributed by atoms with E-state index < -0.39 is 0 Å². The second-order valence-electron chi connectivity index (χ2n) is 3.12. The molecule has 0 atom stereocenters. The molecule has 0 unspecified atom stereocenters. The molecule has 5 heteroatoms. The van der Waals surface area contributed by atoms with Gasteiger partial charge in [-0.15, -0.1) is 0 Å².